The maximum Gasteiger partial charge on any atom is 0.264 e. The van der Waals surface area contributed by atoms with Gasteiger partial charge in [-0.3, -0.25) is 4.79 Å². The molecule has 1 amide bonds. The summed E-state index contributed by atoms with van der Waals surface area (Å²) < 4.78 is 0.684. The molecule has 0 aromatic carbocycles. The Hall–Kier alpha value is -0.580. The Balaban J connectivity index is 1.80. The maximum absolute atomic E-state index is 12.3. The number of rotatable bonds is 1. The van der Waals surface area contributed by atoms with E-state index in [0.717, 1.165) is 30.9 Å². The quantitative estimate of drug-likeness (QED) is 0.832. The highest BCUT2D eigenvalue weighted by Gasteiger charge is 2.40. The van der Waals surface area contributed by atoms with E-state index in [-0.39, 0.29) is 5.91 Å². The summed E-state index contributed by atoms with van der Waals surface area (Å²) in [7, 11) is 0. The van der Waals surface area contributed by atoms with Gasteiger partial charge in [-0.05, 0) is 24.5 Å². The summed E-state index contributed by atoms with van der Waals surface area (Å²) >= 11 is 7.23. The second-order valence-electron chi connectivity index (χ2n) is 4.38. The van der Waals surface area contributed by atoms with Gasteiger partial charge in [0, 0.05) is 25.7 Å². The molecule has 3 rings (SSSR count). The van der Waals surface area contributed by atoms with Crippen LogP contribution in [0.25, 0.3) is 0 Å². The van der Waals surface area contributed by atoms with Crippen molar-refractivity contribution in [2.75, 3.05) is 19.6 Å². The van der Waals surface area contributed by atoms with Crippen LogP contribution in [0.15, 0.2) is 12.1 Å². The van der Waals surface area contributed by atoms with Crippen molar-refractivity contribution in [3.63, 3.8) is 0 Å². The van der Waals surface area contributed by atoms with E-state index < -0.39 is 0 Å². The van der Waals surface area contributed by atoms with Crippen LogP contribution in [-0.4, -0.2) is 36.5 Å². The standard InChI is InChI=1S/C11H13ClN2OS/c12-10-2-1-9(16-10)11(15)14-4-3-7-5-13-6-8(7)14/h1-2,7-8,13H,3-6H2/t7-,8+/m0/s1. The first kappa shape index (κ1) is 10.6. The van der Waals surface area contributed by atoms with E-state index in [2.05, 4.69) is 5.32 Å². The predicted octanol–water partition coefficient (Wildman–Crippen LogP) is 1.84. The third-order valence-electron chi connectivity index (χ3n) is 3.49. The number of nitrogens with zero attached hydrogens (tertiary/aromatic N) is 1. The topological polar surface area (TPSA) is 32.3 Å². The summed E-state index contributed by atoms with van der Waals surface area (Å²) in [4.78, 5) is 15.0. The molecule has 0 aliphatic carbocycles. The fourth-order valence-electron chi connectivity index (χ4n) is 2.67. The molecule has 0 saturated carbocycles. The van der Waals surface area contributed by atoms with Gasteiger partial charge in [0.05, 0.1) is 9.21 Å². The van der Waals surface area contributed by atoms with Crippen LogP contribution < -0.4 is 5.32 Å². The number of hydrogen-bond acceptors (Lipinski definition) is 3. The summed E-state index contributed by atoms with van der Waals surface area (Å²) in [5, 5.41) is 3.35. The molecule has 1 aromatic rings. The molecule has 5 heteroatoms. The summed E-state index contributed by atoms with van der Waals surface area (Å²) in [6.45, 7) is 2.89. The molecule has 0 unspecified atom stereocenters. The molecule has 0 bridgehead atoms. The molecule has 16 heavy (non-hydrogen) atoms. The molecule has 2 atom stereocenters. The fraction of sp³-hybridized carbons (Fsp3) is 0.545. The Bertz CT molecular complexity index is 420. The van der Waals surface area contributed by atoms with Gasteiger partial charge in [0.25, 0.3) is 5.91 Å². The van der Waals surface area contributed by atoms with Crippen LogP contribution in [0.2, 0.25) is 4.34 Å². The largest absolute Gasteiger partial charge is 0.333 e. The zero-order valence-electron chi connectivity index (χ0n) is 8.78. The third-order valence-corrected chi connectivity index (χ3v) is 4.71. The number of carbonyl (C=O) groups excluding carboxylic acids is 1. The van der Waals surface area contributed by atoms with Crippen molar-refractivity contribution in [3.8, 4) is 0 Å². The van der Waals surface area contributed by atoms with Crippen LogP contribution in [0.4, 0.5) is 0 Å². The lowest BCUT2D eigenvalue weighted by atomic mass is 10.1. The van der Waals surface area contributed by atoms with Crippen LogP contribution >= 0.6 is 22.9 Å². The third kappa shape index (κ3) is 1.65. The minimum atomic E-state index is 0.146. The van der Waals surface area contributed by atoms with Gasteiger partial charge in [0.2, 0.25) is 0 Å². The van der Waals surface area contributed by atoms with Gasteiger partial charge in [0.15, 0.2) is 0 Å². The highest BCUT2D eigenvalue weighted by atomic mass is 35.5. The molecule has 2 saturated heterocycles. The van der Waals surface area contributed by atoms with Gasteiger partial charge in [-0.1, -0.05) is 11.6 Å². The summed E-state index contributed by atoms with van der Waals surface area (Å²) in [6.07, 6.45) is 1.13. The lowest BCUT2D eigenvalue weighted by Crippen LogP contribution is -2.38. The molecule has 3 heterocycles. The first-order chi connectivity index (χ1) is 7.75. The Kier molecular flexibility index (Phi) is 2.65. The number of likely N-dealkylation sites (tertiary alicyclic amines) is 1. The van der Waals surface area contributed by atoms with Gasteiger partial charge in [-0.25, -0.2) is 0 Å². The average Bonchev–Trinajstić information content (AvgIpc) is 2.90. The summed E-state index contributed by atoms with van der Waals surface area (Å²) in [6, 6.07) is 4.01. The van der Waals surface area contributed by atoms with E-state index in [9.17, 15) is 4.79 Å². The van der Waals surface area contributed by atoms with Gasteiger partial charge >= 0.3 is 0 Å². The number of thiophene rings is 1. The van der Waals surface area contributed by atoms with Gasteiger partial charge in [0.1, 0.15) is 0 Å². The molecular weight excluding hydrogens is 244 g/mol. The number of fused-ring (bicyclic) bond motifs is 1. The highest BCUT2D eigenvalue weighted by Crippen LogP contribution is 2.30. The fourth-order valence-corrected chi connectivity index (χ4v) is 3.67. The van der Waals surface area contributed by atoms with Gasteiger partial charge in [-0.2, -0.15) is 0 Å². The Labute approximate surface area is 103 Å². The van der Waals surface area contributed by atoms with Crippen molar-refractivity contribution in [3.05, 3.63) is 21.3 Å². The number of nitrogens with one attached hydrogen (secondary N) is 1. The molecular formula is C11H13ClN2OS. The van der Waals surface area contributed by atoms with Crippen LogP contribution in [0, 0.1) is 5.92 Å². The lowest BCUT2D eigenvalue weighted by Gasteiger charge is -2.22. The minimum Gasteiger partial charge on any atom is -0.333 e. The second kappa shape index (κ2) is 4.02. The van der Waals surface area contributed by atoms with Crippen molar-refractivity contribution in [2.24, 2.45) is 5.92 Å². The molecule has 0 radical (unpaired) electrons. The van der Waals surface area contributed by atoms with E-state index in [1.807, 2.05) is 11.0 Å². The number of amides is 1. The second-order valence-corrected chi connectivity index (χ2v) is 6.09. The molecule has 2 fully saturated rings. The van der Waals surface area contributed by atoms with Crippen LogP contribution in [0.3, 0.4) is 0 Å². The molecule has 2 aliphatic rings. The number of carbonyl (C=O) groups is 1. The Morgan fingerprint density at radius 3 is 3.12 bits per heavy atom. The van der Waals surface area contributed by atoms with E-state index in [4.69, 9.17) is 11.6 Å². The first-order valence-corrected chi connectivity index (χ1v) is 6.72. The van der Waals surface area contributed by atoms with Gasteiger partial charge in [-0.15, -0.1) is 11.3 Å². The smallest absolute Gasteiger partial charge is 0.264 e. The van der Waals surface area contributed by atoms with E-state index in [1.54, 1.807) is 6.07 Å². The Morgan fingerprint density at radius 1 is 1.50 bits per heavy atom. The zero-order chi connectivity index (χ0) is 11.1. The van der Waals surface area contributed by atoms with E-state index >= 15 is 0 Å². The number of hydrogen-bond donors (Lipinski definition) is 1. The molecule has 3 nitrogen and oxygen atoms in total. The highest BCUT2D eigenvalue weighted by molar-refractivity contribution is 7.17. The zero-order valence-corrected chi connectivity index (χ0v) is 10.4. The predicted molar refractivity (Wildman–Crippen MR) is 65.1 cm³/mol. The maximum atomic E-state index is 12.3. The molecule has 1 N–H and O–H groups in total. The lowest BCUT2D eigenvalue weighted by molar-refractivity contribution is 0.0742. The summed E-state index contributed by atoms with van der Waals surface area (Å²) in [5.74, 6) is 0.799. The van der Waals surface area contributed by atoms with Crippen LogP contribution in [0.5, 0.6) is 0 Å². The van der Waals surface area contributed by atoms with Crippen molar-refractivity contribution < 1.29 is 4.79 Å². The van der Waals surface area contributed by atoms with Crippen molar-refractivity contribution in [1.29, 1.82) is 0 Å². The first-order valence-electron chi connectivity index (χ1n) is 5.53. The Morgan fingerprint density at radius 2 is 2.38 bits per heavy atom. The monoisotopic (exact) mass is 256 g/mol. The van der Waals surface area contributed by atoms with E-state index in [1.165, 1.54) is 11.3 Å². The molecule has 1 aromatic heterocycles. The van der Waals surface area contributed by atoms with Crippen LogP contribution in [0.1, 0.15) is 16.1 Å². The summed E-state index contributed by atoms with van der Waals surface area (Å²) in [5.41, 5.74) is 0. The van der Waals surface area contributed by atoms with Crippen LogP contribution in [-0.2, 0) is 0 Å². The minimum absolute atomic E-state index is 0.146. The average molecular weight is 257 g/mol. The molecule has 2 aliphatic heterocycles. The van der Waals surface area contributed by atoms with Crippen molar-refractivity contribution in [2.45, 2.75) is 12.5 Å². The van der Waals surface area contributed by atoms with Gasteiger partial charge < -0.3 is 10.2 Å². The molecule has 0 spiro atoms. The van der Waals surface area contributed by atoms with Crippen molar-refractivity contribution in [1.82, 2.24) is 10.2 Å². The number of halogens is 1. The van der Waals surface area contributed by atoms with Crippen molar-refractivity contribution >= 4 is 28.8 Å². The van der Waals surface area contributed by atoms with E-state index in [0.29, 0.717) is 16.3 Å². The SMILES string of the molecule is O=C(c1ccc(Cl)s1)N1CC[C@H]2CNC[C@H]21. The normalized spacial score (nSPS) is 28.4. The molecule has 86 valence electrons.